The first-order chi connectivity index (χ1) is 5.24. The molecule has 0 saturated heterocycles. The topological polar surface area (TPSA) is 63.6 Å². The van der Waals surface area contributed by atoms with Crippen LogP contribution in [0.4, 0.5) is 0 Å². The van der Waals surface area contributed by atoms with Gasteiger partial charge in [0.05, 0.1) is 0 Å². The Balaban J connectivity index is 2.74. The summed E-state index contributed by atoms with van der Waals surface area (Å²) in [5, 5.41) is 7.95. The maximum atomic E-state index is 10.7. The van der Waals surface area contributed by atoms with Gasteiger partial charge in [0, 0.05) is 12.0 Å². The van der Waals surface area contributed by atoms with Crippen LogP contribution < -0.4 is 0 Å². The van der Waals surface area contributed by atoms with E-state index in [2.05, 4.69) is 4.89 Å². The normalized spacial score (nSPS) is 16.1. The molecule has 0 amide bonds. The minimum atomic E-state index is -0.872. The second-order valence-corrected chi connectivity index (χ2v) is 2.07. The first-order valence-corrected chi connectivity index (χ1v) is 3.00. The minimum absolute atomic E-state index is 0.00407. The molecule has 0 radical (unpaired) electrons. The lowest BCUT2D eigenvalue weighted by Crippen LogP contribution is -2.10. The Morgan fingerprint density at radius 1 is 1.64 bits per heavy atom. The monoisotopic (exact) mass is 154 g/mol. The predicted molar refractivity (Wildman–Crippen MR) is 35.6 cm³/mol. The van der Waals surface area contributed by atoms with Crippen molar-refractivity contribution >= 4 is 11.8 Å². The van der Waals surface area contributed by atoms with E-state index in [1.165, 1.54) is 18.2 Å². The molecule has 0 aromatic rings. The summed E-state index contributed by atoms with van der Waals surface area (Å²) in [7, 11) is 0. The molecule has 0 atom stereocenters. The van der Waals surface area contributed by atoms with Gasteiger partial charge in [-0.25, -0.2) is 4.79 Å². The van der Waals surface area contributed by atoms with E-state index in [4.69, 9.17) is 5.26 Å². The fourth-order valence-electron chi connectivity index (χ4n) is 0.776. The number of rotatable bonds is 1. The molecule has 0 unspecified atom stereocenters. The van der Waals surface area contributed by atoms with Crippen molar-refractivity contribution in [2.24, 2.45) is 0 Å². The van der Waals surface area contributed by atoms with Gasteiger partial charge in [-0.15, -0.1) is 0 Å². The van der Waals surface area contributed by atoms with Crippen LogP contribution in [0.1, 0.15) is 6.42 Å². The fraction of sp³-hybridized carbons (Fsp3) is 0.143. The summed E-state index contributed by atoms with van der Waals surface area (Å²) in [5.74, 6) is -1.05. The van der Waals surface area contributed by atoms with Gasteiger partial charge in [-0.2, -0.15) is 5.26 Å². The van der Waals surface area contributed by atoms with Crippen LogP contribution in [0.15, 0.2) is 23.8 Å². The molecule has 0 heterocycles. The zero-order valence-electron chi connectivity index (χ0n) is 5.61. The van der Waals surface area contributed by atoms with Gasteiger partial charge in [0.15, 0.2) is 5.78 Å². The Morgan fingerprint density at radius 2 is 2.36 bits per heavy atom. The van der Waals surface area contributed by atoms with Crippen molar-refractivity contribution < 1.29 is 19.7 Å². The third-order valence-electron chi connectivity index (χ3n) is 1.29. The van der Waals surface area contributed by atoms with Crippen LogP contribution in [0, 0.1) is 0 Å². The van der Waals surface area contributed by atoms with E-state index in [-0.39, 0.29) is 17.8 Å². The fourth-order valence-corrected chi connectivity index (χ4v) is 0.776. The molecule has 4 heteroatoms. The Bertz CT molecular complexity index is 249. The quantitative estimate of drug-likeness (QED) is 0.440. The number of ketones is 1. The van der Waals surface area contributed by atoms with Gasteiger partial charge in [0.25, 0.3) is 0 Å². The average molecular weight is 154 g/mol. The summed E-state index contributed by atoms with van der Waals surface area (Å²) in [5.41, 5.74) is 0.167. The first kappa shape index (κ1) is 7.68. The molecule has 58 valence electrons. The number of carbonyl (C=O) groups excluding carboxylic acids is 2. The predicted octanol–water partition coefficient (Wildman–Crippen LogP) is 0.458. The van der Waals surface area contributed by atoms with Crippen molar-refractivity contribution in [1.29, 1.82) is 0 Å². The molecule has 0 aliphatic heterocycles. The second-order valence-electron chi connectivity index (χ2n) is 2.07. The standard InChI is InChI=1S/C7H6O4/c8-6-3-1-2-5(4-6)7(9)11-10/h1-3,10H,4H2. The third-order valence-corrected chi connectivity index (χ3v) is 1.29. The molecule has 1 aliphatic rings. The number of carbonyl (C=O) groups is 2. The van der Waals surface area contributed by atoms with E-state index in [0.717, 1.165) is 0 Å². The molecule has 0 bridgehead atoms. The van der Waals surface area contributed by atoms with E-state index in [9.17, 15) is 9.59 Å². The Kier molecular flexibility index (Phi) is 2.18. The lowest BCUT2D eigenvalue weighted by Gasteiger charge is -2.02. The van der Waals surface area contributed by atoms with E-state index in [1.807, 2.05) is 0 Å². The molecule has 0 saturated carbocycles. The van der Waals surface area contributed by atoms with Crippen LogP contribution in [-0.2, 0) is 14.5 Å². The van der Waals surface area contributed by atoms with Gasteiger partial charge >= 0.3 is 5.97 Å². The zero-order valence-corrected chi connectivity index (χ0v) is 5.61. The molecular formula is C7H6O4. The Labute approximate surface area is 62.7 Å². The van der Waals surface area contributed by atoms with Crippen LogP contribution in [0.5, 0.6) is 0 Å². The summed E-state index contributed by atoms with van der Waals surface area (Å²) >= 11 is 0. The molecule has 4 nitrogen and oxygen atoms in total. The maximum Gasteiger partial charge on any atom is 0.369 e. The van der Waals surface area contributed by atoms with Gasteiger partial charge in [0.2, 0.25) is 0 Å². The molecule has 0 aromatic carbocycles. The molecular weight excluding hydrogens is 148 g/mol. The number of hydrogen-bond acceptors (Lipinski definition) is 4. The Hall–Kier alpha value is -1.42. The highest BCUT2D eigenvalue weighted by molar-refractivity contribution is 6.01. The lowest BCUT2D eigenvalue weighted by atomic mass is 10.0. The highest BCUT2D eigenvalue weighted by Crippen LogP contribution is 2.09. The average Bonchev–Trinajstić information content (AvgIpc) is 2.03. The summed E-state index contributed by atoms with van der Waals surface area (Å²) in [6, 6.07) is 0. The first-order valence-electron chi connectivity index (χ1n) is 3.00. The largest absolute Gasteiger partial charge is 0.369 e. The molecule has 0 fully saturated rings. The van der Waals surface area contributed by atoms with E-state index < -0.39 is 5.97 Å². The molecule has 1 aliphatic carbocycles. The lowest BCUT2D eigenvalue weighted by molar-refractivity contribution is -0.229. The van der Waals surface area contributed by atoms with Crippen LogP contribution in [0.25, 0.3) is 0 Å². The van der Waals surface area contributed by atoms with Crippen molar-refractivity contribution in [3.8, 4) is 0 Å². The van der Waals surface area contributed by atoms with E-state index >= 15 is 0 Å². The molecule has 1 rings (SSSR count). The van der Waals surface area contributed by atoms with Gasteiger partial charge in [0.1, 0.15) is 0 Å². The van der Waals surface area contributed by atoms with Crippen molar-refractivity contribution in [1.82, 2.24) is 0 Å². The van der Waals surface area contributed by atoms with Crippen molar-refractivity contribution in [3.63, 3.8) is 0 Å². The Morgan fingerprint density at radius 3 is 2.91 bits per heavy atom. The van der Waals surface area contributed by atoms with Crippen LogP contribution in [-0.4, -0.2) is 17.0 Å². The zero-order chi connectivity index (χ0) is 8.27. The van der Waals surface area contributed by atoms with E-state index in [0.29, 0.717) is 0 Å². The molecule has 11 heavy (non-hydrogen) atoms. The minimum Gasteiger partial charge on any atom is -0.296 e. The van der Waals surface area contributed by atoms with Crippen LogP contribution in [0.3, 0.4) is 0 Å². The summed E-state index contributed by atoms with van der Waals surface area (Å²) in [6.07, 6.45) is 4.22. The highest BCUT2D eigenvalue weighted by atomic mass is 17.1. The number of allylic oxidation sites excluding steroid dienone is 3. The van der Waals surface area contributed by atoms with Crippen LogP contribution >= 0.6 is 0 Å². The molecule has 0 aromatic heterocycles. The summed E-state index contributed by atoms with van der Waals surface area (Å²) < 4.78 is 0. The van der Waals surface area contributed by atoms with Gasteiger partial charge < -0.3 is 0 Å². The van der Waals surface area contributed by atoms with Crippen molar-refractivity contribution in [3.05, 3.63) is 23.8 Å². The smallest absolute Gasteiger partial charge is 0.296 e. The highest BCUT2D eigenvalue weighted by Gasteiger charge is 2.15. The second kappa shape index (κ2) is 3.12. The van der Waals surface area contributed by atoms with Gasteiger partial charge in [-0.05, 0) is 6.08 Å². The maximum absolute atomic E-state index is 10.7. The summed E-state index contributed by atoms with van der Waals surface area (Å²) in [4.78, 5) is 24.7. The SMILES string of the molecule is O=C1C=CC=C(C(=O)OO)C1. The molecule has 0 spiro atoms. The van der Waals surface area contributed by atoms with Crippen LogP contribution in [0.2, 0.25) is 0 Å². The number of hydrogen-bond donors (Lipinski definition) is 1. The van der Waals surface area contributed by atoms with Crippen molar-refractivity contribution in [2.75, 3.05) is 0 Å². The van der Waals surface area contributed by atoms with Gasteiger partial charge in [-0.1, -0.05) is 12.2 Å². The van der Waals surface area contributed by atoms with Crippen molar-refractivity contribution in [2.45, 2.75) is 6.42 Å². The third kappa shape index (κ3) is 1.75. The molecule has 1 N–H and O–H groups in total. The summed E-state index contributed by atoms with van der Waals surface area (Å²) in [6.45, 7) is 0. The van der Waals surface area contributed by atoms with Gasteiger partial charge in [-0.3, -0.25) is 9.68 Å². The van der Waals surface area contributed by atoms with E-state index in [1.54, 1.807) is 0 Å².